The van der Waals surface area contributed by atoms with Crippen LogP contribution in [0.25, 0.3) is 21.5 Å². The van der Waals surface area contributed by atoms with Crippen LogP contribution in [0.4, 0.5) is 38.5 Å². The third kappa shape index (κ3) is 6.94. The SMILES string of the molecule is Nc1c(S(=O)(=O)O)cc(Nc2ccc(F)cc2C(=O)OS(=O)(=O)c2cc(Nc3ccc4cc5ccccc5cc4c3)c3c(c2N)C(=O)c2ccccc2C3=O)c2c1C(=O)c1ccccc1C2=O. The average molecular weight is 933 g/mol. The Morgan fingerprint density at radius 1 is 0.507 bits per heavy atom. The fourth-order valence-corrected chi connectivity index (χ4v) is 10.2. The lowest BCUT2D eigenvalue weighted by atomic mass is 9.82. The van der Waals surface area contributed by atoms with Crippen molar-refractivity contribution < 1.29 is 53.9 Å². The van der Waals surface area contributed by atoms with Crippen molar-refractivity contribution in [3.8, 4) is 0 Å². The Bertz CT molecular complexity index is 3870. The zero-order chi connectivity index (χ0) is 47.3. The Labute approximate surface area is 378 Å². The predicted molar refractivity (Wildman–Crippen MR) is 245 cm³/mol. The Kier molecular flexibility index (Phi) is 9.66. The first-order valence-corrected chi connectivity index (χ1v) is 22.8. The van der Waals surface area contributed by atoms with Crippen LogP contribution in [0.2, 0.25) is 0 Å². The average Bonchev–Trinajstić information content (AvgIpc) is 3.30. The lowest BCUT2D eigenvalue weighted by Gasteiger charge is -2.24. The molecule has 0 heterocycles. The van der Waals surface area contributed by atoms with E-state index in [1.54, 1.807) is 24.3 Å². The molecule has 0 aromatic heterocycles. The minimum Gasteiger partial charge on any atom is -0.397 e. The highest BCUT2D eigenvalue weighted by Gasteiger charge is 2.40. The fraction of sp³-hybridized carbons (Fsp3) is 0. The van der Waals surface area contributed by atoms with Gasteiger partial charge in [0.1, 0.15) is 15.6 Å². The quantitative estimate of drug-likeness (QED) is 0.0417. The normalized spacial score (nSPS) is 13.2. The first-order valence-electron chi connectivity index (χ1n) is 19.9. The molecule has 10 rings (SSSR count). The second kappa shape index (κ2) is 15.3. The van der Waals surface area contributed by atoms with Crippen LogP contribution >= 0.6 is 0 Å². The highest BCUT2D eigenvalue weighted by Crippen LogP contribution is 2.43. The van der Waals surface area contributed by atoms with E-state index < -0.39 is 110 Å². The molecule has 0 radical (unpaired) electrons. The molecule has 330 valence electrons. The molecule has 2 aliphatic rings. The maximum absolute atomic E-state index is 15.0. The van der Waals surface area contributed by atoms with Crippen molar-refractivity contribution in [3.05, 3.63) is 189 Å². The van der Waals surface area contributed by atoms with E-state index in [-0.39, 0.29) is 33.5 Å². The van der Waals surface area contributed by atoms with Gasteiger partial charge in [0.15, 0.2) is 23.1 Å². The molecule has 18 heteroatoms. The number of benzene rings is 8. The highest BCUT2D eigenvalue weighted by molar-refractivity contribution is 7.87. The summed E-state index contributed by atoms with van der Waals surface area (Å²) in [5.41, 5.74) is 7.33. The van der Waals surface area contributed by atoms with Gasteiger partial charge in [-0.1, -0.05) is 78.9 Å². The van der Waals surface area contributed by atoms with Gasteiger partial charge in [-0.05, 0) is 76.1 Å². The van der Waals surface area contributed by atoms with Gasteiger partial charge in [-0.25, -0.2) is 9.18 Å². The molecule has 7 N–H and O–H groups in total. The van der Waals surface area contributed by atoms with Gasteiger partial charge < -0.3 is 26.3 Å². The molecule has 0 unspecified atom stereocenters. The van der Waals surface area contributed by atoms with Gasteiger partial charge in [-0.3, -0.25) is 23.7 Å². The van der Waals surface area contributed by atoms with Crippen LogP contribution in [0.3, 0.4) is 0 Å². The molecule has 2 aliphatic carbocycles. The summed E-state index contributed by atoms with van der Waals surface area (Å²) in [5, 5.41) is 9.24. The maximum atomic E-state index is 15.0. The van der Waals surface area contributed by atoms with Crippen molar-refractivity contribution in [2.75, 3.05) is 22.1 Å². The number of carbonyl (C=O) groups is 5. The van der Waals surface area contributed by atoms with E-state index in [1.807, 2.05) is 36.4 Å². The third-order valence-corrected chi connectivity index (χ3v) is 13.7. The summed E-state index contributed by atoms with van der Waals surface area (Å²) in [4.78, 5) is 68.1. The predicted octanol–water partition coefficient (Wildman–Crippen LogP) is 8.13. The number of carbonyl (C=O) groups excluding carboxylic acids is 5. The summed E-state index contributed by atoms with van der Waals surface area (Å²) >= 11 is 0. The van der Waals surface area contributed by atoms with Crippen LogP contribution < -0.4 is 22.1 Å². The van der Waals surface area contributed by atoms with Gasteiger partial charge in [-0.15, -0.1) is 0 Å². The maximum Gasteiger partial charge on any atom is 0.356 e. The number of nitrogens with one attached hydrogen (secondary N) is 2. The van der Waals surface area contributed by atoms with Crippen LogP contribution in [0.1, 0.15) is 74.0 Å². The summed E-state index contributed by atoms with van der Waals surface area (Å²) < 4.78 is 84.0. The molecule has 0 atom stereocenters. The molecule has 0 amide bonds. The number of fused-ring (bicyclic) bond motifs is 6. The molecule has 0 spiro atoms. The van der Waals surface area contributed by atoms with Crippen LogP contribution in [-0.4, -0.2) is 50.5 Å². The number of nitrogen functional groups attached to an aromatic ring is 2. The molecular formula is C49H29FN4O11S2. The molecule has 15 nitrogen and oxygen atoms in total. The van der Waals surface area contributed by atoms with Crippen molar-refractivity contribution in [2.24, 2.45) is 0 Å². The van der Waals surface area contributed by atoms with Gasteiger partial charge in [0.25, 0.3) is 10.1 Å². The molecule has 8 aromatic carbocycles. The summed E-state index contributed by atoms with van der Waals surface area (Å²) in [6.45, 7) is 0. The summed E-state index contributed by atoms with van der Waals surface area (Å²) in [5.74, 6) is -5.99. The zero-order valence-electron chi connectivity index (χ0n) is 34.1. The van der Waals surface area contributed by atoms with Gasteiger partial charge in [0.2, 0.25) is 0 Å². The lowest BCUT2D eigenvalue weighted by molar-refractivity contribution is 0.0746. The van der Waals surface area contributed by atoms with Gasteiger partial charge >= 0.3 is 16.1 Å². The molecule has 0 saturated carbocycles. The Morgan fingerprint density at radius 3 is 1.52 bits per heavy atom. The first-order chi connectivity index (χ1) is 31.9. The second-order valence-corrected chi connectivity index (χ2v) is 18.5. The highest BCUT2D eigenvalue weighted by atomic mass is 32.2. The number of anilines is 6. The second-order valence-electron chi connectivity index (χ2n) is 15.6. The fourth-order valence-electron chi connectivity index (χ4n) is 8.51. The smallest absolute Gasteiger partial charge is 0.356 e. The van der Waals surface area contributed by atoms with Crippen molar-refractivity contribution in [1.29, 1.82) is 0 Å². The number of nitrogens with two attached hydrogens (primary N) is 2. The first kappa shape index (κ1) is 42.4. The van der Waals surface area contributed by atoms with Crippen molar-refractivity contribution in [2.45, 2.75) is 9.79 Å². The molecule has 0 saturated heterocycles. The number of halogens is 1. The van der Waals surface area contributed by atoms with Crippen molar-refractivity contribution in [1.82, 2.24) is 0 Å². The Balaban J connectivity index is 1.07. The van der Waals surface area contributed by atoms with Gasteiger partial charge in [-0.2, -0.15) is 16.8 Å². The lowest BCUT2D eigenvalue weighted by Crippen LogP contribution is -2.26. The molecule has 0 fully saturated rings. The van der Waals surface area contributed by atoms with E-state index in [4.69, 9.17) is 15.7 Å². The molecule has 67 heavy (non-hydrogen) atoms. The van der Waals surface area contributed by atoms with E-state index in [1.165, 1.54) is 42.5 Å². The standard InChI is InChI=1S/C49H29FN4O11S2/c50-27-14-16-34(54-36-21-37(66(60,61)62)43(51)41-40(36)46(56)30-10-4-5-11-31(30)47(41)57)33(20-27)49(59)65-67(63,64)38-22-35(39-42(44(38)52)48(58)32-12-6-3-9-29(32)45(39)55)53-28-15-13-25-17-23-7-1-2-8-24(23)18-26(25)19-28/h1-22,53-54H,51-52H2,(H,60,61,62). The number of rotatable bonds is 8. The summed E-state index contributed by atoms with van der Waals surface area (Å²) in [6, 6.07) is 32.3. The Hall–Kier alpha value is -8.58. The monoisotopic (exact) mass is 932 g/mol. The van der Waals surface area contributed by atoms with E-state index in [0.717, 1.165) is 39.7 Å². The van der Waals surface area contributed by atoms with Crippen LogP contribution in [0.5, 0.6) is 0 Å². The zero-order valence-corrected chi connectivity index (χ0v) is 35.7. The number of hydrogen-bond acceptors (Lipinski definition) is 14. The third-order valence-electron chi connectivity index (χ3n) is 11.6. The van der Waals surface area contributed by atoms with Crippen molar-refractivity contribution in [3.63, 3.8) is 0 Å². The van der Waals surface area contributed by atoms with Gasteiger partial charge in [0, 0.05) is 27.9 Å². The topological polar surface area (TPSA) is 259 Å². The van der Waals surface area contributed by atoms with E-state index in [0.29, 0.717) is 17.8 Å². The number of hydrogen-bond donors (Lipinski definition) is 5. The Morgan fingerprint density at radius 2 is 0.970 bits per heavy atom. The molecular weight excluding hydrogens is 904 g/mol. The van der Waals surface area contributed by atoms with Crippen LogP contribution in [0.15, 0.2) is 143 Å². The number of ketones is 4. The minimum absolute atomic E-state index is 0.0296. The van der Waals surface area contributed by atoms with Crippen molar-refractivity contribution >= 4 is 105 Å². The molecule has 0 aliphatic heterocycles. The molecule has 8 aromatic rings. The minimum atomic E-state index is -5.42. The summed E-state index contributed by atoms with van der Waals surface area (Å²) in [7, 11) is -10.6. The van der Waals surface area contributed by atoms with E-state index >= 15 is 4.39 Å². The van der Waals surface area contributed by atoms with Crippen LogP contribution in [0, 0.1) is 5.82 Å². The molecule has 0 bridgehead atoms. The van der Waals surface area contributed by atoms with E-state index in [2.05, 4.69) is 10.6 Å². The largest absolute Gasteiger partial charge is 0.397 e. The van der Waals surface area contributed by atoms with E-state index in [9.17, 15) is 45.4 Å². The van der Waals surface area contributed by atoms with Gasteiger partial charge in [0.05, 0.1) is 56.3 Å². The van der Waals surface area contributed by atoms with Crippen LogP contribution in [-0.2, 0) is 24.4 Å². The summed E-state index contributed by atoms with van der Waals surface area (Å²) in [6.07, 6.45) is 0.